The highest BCUT2D eigenvalue weighted by Gasteiger charge is 2.13. The molecule has 8 heteroatoms. The zero-order valence-electron chi connectivity index (χ0n) is 49.7. The van der Waals surface area contributed by atoms with E-state index in [4.69, 9.17) is 18.9 Å². The number of carbonyl (C=O) groups is 4. The zero-order valence-corrected chi connectivity index (χ0v) is 49.7. The average molecular weight is 1110 g/mol. The van der Waals surface area contributed by atoms with Crippen LogP contribution in [0.3, 0.4) is 0 Å². The van der Waals surface area contributed by atoms with Gasteiger partial charge in [-0.2, -0.15) is 0 Å². The summed E-state index contributed by atoms with van der Waals surface area (Å²) in [5, 5.41) is 0. The number of ether oxygens (including phenoxy) is 4. The normalized spacial score (nSPS) is 12.2. The highest BCUT2D eigenvalue weighted by molar-refractivity contribution is 5.93. The van der Waals surface area contributed by atoms with E-state index in [1.54, 1.807) is 66.7 Å². The Balaban J connectivity index is 1.78. The van der Waals surface area contributed by atoms with E-state index in [0.29, 0.717) is 65.4 Å². The molecule has 0 unspecified atom stereocenters. The Kier molecular flexibility index (Phi) is 34.9. The molecule has 3 aromatic rings. The molecule has 1 aliphatic carbocycles. The molecule has 3 aromatic carbocycles. The van der Waals surface area contributed by atoms with E-state index >= 15 is 0 Å². The number of rotatable bonds is 32. The van der Waals surface area contributed by atoms with Crippen LogP contribution in [0.25, 0.3) is 0 Å². The second kappa shape index (κ2) is 43.3. The Hall–Kier alpha value is -8.50. The van der Waals surface area contributed by atoms with Gasteiger partial charge < -0.3 is 18.9 Å². The largest absolute Gasteiger partial charge is 0.462 e. The predicted molar refractivity (Wildman–Crippen MR) is 333 cm³/mol. The van der Waals surface area contributed by atoms with Crippen molar-refractivity contribution in [3.8, 4) is 94.7 Å². The summed E-state index contributed by atoms with van der Waals surface area (Å²) in [5.74, 6) is 45.2. The van der Waals surface area contributed by atoms with Crippen LogP contribution in [-0.2, 0) is 23.7 Å². The van der Waals surface area contributed by atoms with E-state index in [1.807, 2.05) is 0 Å². The number of hydrogen-bond acceptors (Lipinski definition) is 8. The van der Waals surface area contributed by atoms with Gasteiger partial charge in [-0.25, -0.2) is 19.2 Å². The highest BCUT2D eigenvalue weighted by Crippen LogP contribution is 2.17. The van der Waals surface area contributed by atoms with Crippen LogP contribution in [0.2, 0.25) is 0 Å². The fourth-order valence-corrected chi connectivity index (χ4v) is 8.50. The first-order valence-corrected chi connectivity index (χ1v) is 30.3. The second-order valence-corrected chi connectivity index (χ2v) is 20.3. The van der Waals surface area contributed by atoms with Crippen molar-refractivity contribution in [1.82, 2.24) is 0 Å². The molecular formula is C75H82O8. The van der Waals surface area contributed by atoms with Crippen LogP contribution in [0.5, 0.6) is 0 Å². The number of allylic oxidation sites excluding steroid dienone is 2. The summed E-state index contributed by atoms with van der Waals surface area (Å²) >= 11 is 0. The van der Waals surface area contributed by atoms with Crippen molar-refractivity contribution in [2.75, 3.05) is 26.4 Å². The zero-order chi connectivity index (χ0) is 59.2. The fourth-order valence-electron chi connectivity index (χ4n) is 8.50. The summed E-state index contributed by atoms with van der Waals surface area (Å²) in [4.78, 5) is 53.6. The summed E-state index contributed by atoms with van der Waals surface area (Å²) < 4.78 is 22.7. The molecule has 0 heterocycles. The number of benzene rings is 3. The van der Waals surface area contributed by atoms with Crippen LogP contribution >= 0.6 is 0 Å². The van der Waals surface area contributed by atoms with Crippen LogP contribution in [0.15, 0.2) is 78.4 Å². The molecule has 1 aliphatic rings. The maximum Gasteiger partial charge on any atom is 0.338 e. The summed E-state index contributed by atoms with van der Waals surface area (Å²) in [5.41, 5.74) is 4.04. The molecule has 0 radical (unpaired) electrons. The van der Waals surface area contributed by atoms with Crippen molar-refractivity contribution in [3.63, 3.8) is 0 Å². The van der Waals surface area contributed by atoms with Crippen molar-refractivity contribution >= 4 is 23.9 Å². The highest BCUT2D eigenvalue weighted by atomic mass is 16.5. The van der Waals surface area contributed by atoms with Gasteiger partial charge in [0.15, 0.2) is 0 Å². The molecule has 0 aromatic heterocycles. The second-order valence-electron chi connectivity index (χ2n) is 20.3. The summed E-state index contributed by atoms with van der Waals surface area (Å²) in [7, 11) is 0. The van der Waals surface area contributed by atoms with Crippen LogP contribution in [0.4, 0.5) is 0 Å². The molecule has 0 saturated carbocycles. The molecule has 8 nitrogen and oxygen atoms in total. The third-order valence-corrected chi connectivity index (χ3v) is 13.1. The SMILES string of the molecule is CCCCCCCCOC(=O)C1=C/CC#CC#Cc2cc(cc(C(=O)OCCCCCCCC)c2)C#CC#Cc2cc(cc(C(=O)OCCCCCCCC)c2)C#CC#Cc2cc(cc(C(=O)OCCCCCCCC)c2)C#CC#C/C=C\1. The Morgan fingerprint density at radius 2 is 0.614 bits per heavy atom. The summed E-state index contributed by atoms with van der Waals surface area (Å²) in [6.07, 6.45) is 30.3. The number of carbonyl (C=O) groups excluding carboxylic acids is 4. The van der Waals surface area contributed by atoms with Gasteiger partial charge in [-0.05, 0) is 140 Å². The molecule has 0 saturated heterocycles. The first-order valence-electron chi connectivity index (χ1n) is 30.3. The molecule has 4 rings (SSSR count). The standard InChI is InChI=1S/C75H82O8/c1-5-9-13-17-25-37-49-80-72(76)68-47-31-23-21-29-41-62-53-64(58-69(56-62)73(77)81-50-38-26-18-14-10-6-2)43-33-35-45-66-55-67(61-71(60-66)75(79)83-52-40-28-20-16-12-8-4)46-36-34-44-65-54-63(42-30-22-24-32-48-68)57-70(59-65)74(78)82-51-39-27-19-15-11-7-3/h31,47-48,53-61H,5-20,25-28,32,37-40,49-52H2,1-4H3/b47-31-,68-48+. The molecule has 83 heavy (non-hydrogen) atoms. The minimum absolute atomic E-state index is 0.188. The third-order valence-electron chi connectivity index (χ3n) is 13.1. The van der Waals surface area contributed by atoms with Gasteiger partial charge in [0.25, 0.3) is 0 Å². The molecular weight excluding hydrogens is 1030 g/mol. The van der Waals surface area contributed by atoms with Gasteiger partial charge in [0, 0.05) is 39.8 Å². The number of unbranched alkanes of at least 4 members (excludes halogenated alkanes) is 20. The smallest absolute Gasteiger partial charge is 0.338 e. The van der Waals surface area contributed by atoms with Crippen LogP contribution in [-0.4, -0.2) is 50.3 Å². The lowest BCUT2D eigenvalue weighted by Crippen LogP contribution is -2.08. The van der Waals surface area contributed by atoms with Gasteiger partial charge in [0.2, 0.25) is 0 Å². The van der Waals surface area contributed by atoms with E-state index in [9.17, 15) is 19.2 Å². The Morgan fingerprint density at radius 3 is 0.940 bits per heavy atom. The molecule has 0 aliphatic heterocycles. The van der Waals surface area contributed by atoms with Gasteiger partial charge in [-0.15, -0.1) is 0 Å². The van der Waals surface area contributed by atoms with Gasteiger partial charge in [-0.1, -0.05) is 210 Å². The Labute approximate surface area is 497 Å². The van der Waals surface area contributed by atoms with Crippen LogP contribution in [0.1, 0.15) is 253 Å². The molecule has 0 amide bonds. The number of esters is 4. The third kappa shape index (κ3) is 30.2. The lowest BCUT2D eigenvalue weighted by Gasteiger charge is -2.06. The van der Waals surface area contributed by atoms with E-state index in [-0.39, 0.29) is 23.1 Å². The maximum atomic E-state index is 13.5. The number of fused-ring (bicyclic) bond motifs is 6. The molecule has 0 N–H and O–H groups in total. The van der Waals surface area contributed by atoms with Crippen molar-refractivity contribution in [3.05, 3.63) is 128 Å². The monoisotopic (exact) mass is 1110 g/mol. The fraction of sp³-hybridized carbons (Fsp3) is 0.440. The molecule has 0 spiro atoms. The molecule has 430 valence electrons. The molecule has 0 atom stereocenters. The van der Waals surface area contributed by atoms with Gasteiger partial charge >= 0.3 is 23.9 Å². The lowest BCUT2D eigenvalue weighted by atomic mass is 10.0. The van der Waals surface area contributed by atoms with E-state index in [2.05, 4.69) is 122 Å². The van der Waals surface area contributed by atoms with E-state index < -0.39 is 23.9 Å². The van der Waals surface area contributed by atoms with Crippen LogP contribution in [0, 0.1) is 94.7 Å². The van der Waals surface area contributed by atoms with Gasteiger partial charge in [0.1, 0.15) is 0 Å². The van der Waals surface area contributed by atoms with Crippen molar-refractivity contribution in [1.29, 1.82) is 0 Å². The minimum Gasteiger partial charge on any atom is -0.462 e. The van der Waals surface area contributed by atoms with Crippen molar-refractivity contribution < 1.29 is 38.1 Å². The van der Waals surface area contributed by atoms with Gasteiger partial charge in [0.05, 0.1) is 48.7 Å². The first-order chi connectivity index (χ1) is 40.7. The minimum atomic E-state index is -0.493. The predicted octanol–water partition coefficient (Wildman–Crippen LogP) is 15.5. The quantitative estimate of drug-likeness (QED) is 0.0263. The molecule has 6 bridgehead atoms. The van der Waals surface area contributed by atoms with Crippen molar-refractivity contribution in [2.45, 2.75) is 188 Å². The van der Waals surface area contributed by atoms with E-state index in [0.717, 1.165) is 128 Å². The first kappa shape index (κ1) is 67.0. The lowest BCUT2D eigenvalue weighted by molar-refractivity contribution is -0.138. The summed E-state index contributed by atoms with van der Waals surface area (Å²) in [6.45, 7) is 9.89. The Morgan fingerprint density at radius 1 is 0.337 bits per heavy atom. The average Bonchev–Trinajstić information content (AvgIpc) is 3.55. The number of hydrogen-bond donors (Lipinski definition) is 0. The Bertz CT molecular complexity index is 3200. The van der Waals surface area contributed by atoms with Crippen molar-refractivity contribution in [2.24, 2.45) is 0 Å². The maximum absolute atomic E-state index is 13.5. The molecule has 0 fully saturated rings. The van der Waals surface area contributed by atoms with Gasteiger partial charge in [-0.3, -0.25) is 0 Å². The topological polar surface area (TPSA) is 105 Å². The van der Waals surface area contributed by atoms with Crippen LogP contribution < -0.4 is 0 Å². The summed E-state index contributed by atoms with van der Waals surface area (Å²) in [6, 6.07) is 15.1. The van der Waals surface area contributed by atoms with E-state index in [1.165, 1.54) is 31.8 Å².